The number of hydrogen-bond donors (Lipinski definition) is 1. The van der Waals surface area contributed by atoms with Crippen LogP contribution in [0.3, 0.4) is 0 Å². The van der Waals surface area contributed by atoms with Crippen LogP contribution in [0, 0.1) is 0 Å². The van der Waals surface area contributed by atoms with Crippen LogP contribution >= 0.6 is 0 Å². The molecule has 3 heteroatoms. The summed E-state index contributed by atoms with van der Waals surface area (Å²) < 4.78 is 7.34. The van der Waals surface area contributed by atoms with E-state index in [2.05, 4.69) is 0 Å². The van der Waals surface area contributed by atoms with Gasteiger partial charge in [-0.15, -0.1) is 0 Å². The number of nitrogens with two attached hydrogens (primary N) is 1. The first kappa shape index (κ1) is 8.14. The minimum Gasteiger partial charge on any atom is -0.479 e. The number of rotatable bonds is 4. The summed E-state index contributed by atoms with van der Waals surface area (Å²) in [5.41, 5.74) is 5.32. The number of ether oxygens (including phenoxy) is 1. The van der Waals surface area contributed by atoms with Crippen LogP contribution in [0.1, 0.15) is 6.42 Å². The summed E-state index contributed by atoms with van der Waals surface area (Å²) in [6, 6.07) is 3.90. The van der Waals surface area contributed by atoms with E-state index in [9.17, 15) is 0 Å². The van der Waals surface area contributed by atoms with Gasteiger partial charge in [0.25, 0.3) is 0 Å². The van der Waals surface area contributed by atoms with E-state index in [0.29, 0.717) is 13.2 Å². The van der Waals surface area contributed by atoms with E-state index in [0.717, 1.165) is 12.3 Å². The van der Waals surface area contributed by atoms with Gasteiger partial charge in [-0.2, -0.15) is 0 Å². The standard InChI is InChI=1S/C8H14N2O/c1-10-6-2-4-8(10)11-7-3-5-9/h2,4,6H,3,5,7,9H2,1H3. The Bertz CT molecular complexity index is 208. The van der Waals surface area contributed by atoms with Crippen molar-refractivity contribution in [1.82, 2.24) is 4.57 Å². The van der Waals surface area contributed by atoms with Crippen LogP contribution in [0.2, 0.25) is 0 Å². The zero-order valence-electron chi connectivity index (χ0n) is 6.79. The second kappa shape index (κ2) is 4.03. The molecule has 0 aromatic carbocycles. The van der Waals surface area contributed by atoms with E-state index in [1.165, 1.54) is 0 Å². The minimum absolute atomic E-state index is 0.685. The number of nitrogens with zero attached hydrogens (tertiary/aromatic N) is 1. The van der Waals surface area contributed by atoms with Gasteiger partial charge < -0.3 is 15.0 Å². The van der Waals surface area contributed by atoms with Gasteiger partial charge >= 0.3 is 0 Å². The fourth-order valence-corrected chi connectivity index (χ4v) is 0.855. The Labute approximate surface area is 66.8 Å². The van der Waals surface area contributed by atoms with Gasteiger partial charge in [-0.1, -0.05) is 0 Å². The largest absolute Gasteiger partial charge is 0.479 e. The molecule has 0 unspecified atom stereocenters. The average Bonchev–Trinajstić information content (AvgIpc) is 2.37. The Kier molecular flexibility index (Phi) is 2.98. The van der Waals surface area contributed by atoms with Crippen LogP contribution in [0.15, 0.2) is 18.3 Å². The fourth-order valence-electron chi connectivity index (χ4n) is 0.855. The molecule has 1 rings (SSSR count). The molecule has 0 atom stereocenters. The van der Waals surface area contributed by atoms with Crippen molar-refractivity contribution < 1.29 is 4.74 Å². The molecule has 1 aromatic rings. The maximum Gasteiger partial charge on any atom is 0.193 e. The summed E-state index contributed by atoms with van der Waals surface area (Å²) in [5.74, 6) is 0.901. The lowest BCUT2D eigenvalue weighted by atomic mass is 10.5. The molecule has 0 saturated carbocycles. The maximum atomic E-state index is 5.40. The lowest BCUT2D eigenvalue weighted by molar-refractivity contribution is 0.292. The molecule has 0 saturated heterocycles. The Morgan fingerprint density at radius 2 is 2.45 bits per heavy atom. The zero-order valence-corrected chi connectivity index (χ0v) is 6.79. The highest BCUT2D eigenvalue weighted by molar-refractivity contribution is 5.12. The van der Waals surface area contributed by atoms with E-state index in [1.54, 1.807) is 0 Å². The number of aryl methyl sites for hydroxylation is 1. The van der Waals surface area contributed by atoms with Crippen molar-refractivity contribution >= 4 is 0 Å². The molecule has 0 aliphatic heterocycles. The van der Waals surface area contributed by atoms with Crippen molar-refractivity contribution in [2.75, 3.05) is 13.2 Å². The summed E-state index contributed by atoms with van der Waals surface area (Å²) >= 11 is 0. The third-order valence-electron chi connectivity index (χ3n) is 1.49. The van der Waals surface area contributed by atoms with Crippen molar-refractivity contribution in [1.29, 1.82) is 0 Å². The predicted molar refractivity (Wildman–Crippen MR) is 44.6 cm³/mol. The van der Waals surface area contributed by atoms with Gasteiger partial charge in [-0.25, -0.2) is 0 Å². The van der Waals surface area contributed by atoms with Crippen molar-refractivity contribution in [3.8, 4) is 5.88 Å². The molecule has 0 aliphatic carbocycles. The molecule has 2 N–H and O–H groups in total. The SMILES string of the molecule is Cn1cccc1OCCCN. The van der Waals surface area contributed by atoms with Gasteiger partial charge in [0.15, 0.2) is 5.88 Å². The fraction of sp³-hybridized carbons (Fsp3) is 0.500. The molecule has 1 aromatic heterocycles. The molecule has 1 heterocycles. The normalized spacial score (nSPS) is 10.0. The minimum atomic E-state index is 0.685. The van der Waals surface area contributed by atoms with Crippen LogP contribution in [-0.2, 0) is 7.05 Å². The zero-order chi connectivity index (χ0) is 8.10. The first-order chi connectivity index (χ1) is 5.34. The summed E-state index contributed by atoms with van der Waals surface area (Å²) in [5, 5.41) is 0. The summed E-state index contributed by atoms with van der Waals surface area (Å²) in [6.45, 7) is 1.39. The van der Waals surface area contributed by atoms with E-state index in [1.807, 2.05) is 29.9 Å². The first-order valence-corrected chi connectivity index (χ1v) is 3.79. The predicted octanol–water partition coefficient (Wildman–Crippen LogP) is 0.753. The molecule has 0 radical (unpaired) electrons. The average molecular weight is 154 g/mol. The summed E-state index contributed by atoms with van der Waals surface area (Å²) in [4.78, 5) is 0. The third kappa shape index (κ3) is 2.27. The van der Waals surface area contributed by atoms with Crippen LogP contribution < -0.4 is 10.5 Å². The molecular formula is C8H14N2O. The lowest BCUT2D eigenvalue weighted by Crippen LogP contribution is -2.07. The number of aromatic nitrogens is 1. The lowest BCUT2D eigenvalue weighted by Gasteiger charge is -2.04. The van der Waals surface area contributed by atoms with Gasteiger partial charge in [0.2, 0.25) is 0 Å². The molecule has 0 fully saturated rings. The van der Waals surface area contributed by atoms with Gasteiger partial charge in [-0.3, -0.25) is 0 Å². The van der Waals surface area contributed by atoms with Gasteiger partial charge in [0.1, 0.15) is 0 Å². The molecule has 0 aliphatic rings. The quantitative estimate of drug-likeness (QED) is 0.650. The monoisotopic (exact) mass is 154 g/mol. The second-order valence-electron chi connectivity index (χ2n) is 2.45. The summed E-state index contributed by atoms with van der Waals surface area (Å²) in [6.07, 6.45) is 2.86. The Morgan fingerprint density at radius 3 is 3.00 bits per heavy atom. The topological polar surface area (TPSA) is 40.2 Å². The number of hydrogen-bond acceptors (Lipinski definition) is 2. The molecule has 62 valence electrons. The molecule has 0 spiro atoms. The summed E-state index contributed by atoms with van der Waals surface area (Å²) in [7, 11) is 1.96. The van der Waals surface area contributed by atoms with Crippen molar-refractivity contribution in [2.45, 2.75) is 6.42 Å². The highest BCUT2D eigenvalue weighted by Crippen LogP contribution is 2.08. The van der Waals surface area contributed by atoms with Crippen molar-refractivity contribution in [3.63, 3.8) is 0 Å². The Balaban J connectivity index is 2.32. The Morgan fingerprint density at radius 1 is 1.64 bits per heavy atom. The van der Waals surface area contributed by atoms with E-state index >= 15 is 0 Å². The van der Waals surface area contributed by atoms with Crippen LogP contribution in [0.25, 0.3) is 0 Å². The smallest absolute Gasteiger partial charge is 0.193 e. The van der Waals surface area contributed by atoms with Crippen LogP contribution in [0.4, 0.5) is 0 Å². The second-order valence-corrected chi connectivity index (χ2v) is 2.45. The highest BCUT2D eigenvalue weighted by Gasteiger charge is 1.94. The molecule has 11 heavy (non-hydrogen) atoms. The van der Waals surface area contributed by atoms with Crippen LogP contribution in [-0.4, -0.2) is 17.7 Å². The maximum absolute atomic E-state index is 5.40. The first-order valence-electron chi connectivity index (χ1n) is 3.79. The van der Waals surface area contributed by atoms with Gasteiger partial charge in [0, 0.05) is 13.2 Å². The van der Waals surface area contributed by atoms with Crippen LogP contribution in [0.5, 0.6) is 5.88 Å². The van der Waals surface area contributed by atoms with Crippen molar-refractivity contribution in [2.24, 2.45) is 12.8 Å². The highest BCUT2D eigenvalue weighted by atomic mass is 16.5. The Hall–Kier alpha value is -0.960. The molecular weight excluding hydrogens is 140 g/mol. The molecule has 0 amide bonds. The molecule has 0 bridgehead atoms. The van der Waals surface area contributed by atoms with Crippen molar-refractivity contribution in [3.05, 3.63) is 18.3 Å². The molecule has 3 nitrogen and oxygen atoms in total. The van der Waals surface area contributed by atoms with E-state index < -0.39 is 0 Å². The van der Waals surface area contributed by atoms with E-state index in [-0.39, 0.29) is 0 Å². The van der Waals surface area contributed by atoms with Gasteiger partial charge in [-0.05, 0) is 25.1 Å². The van der Waals surface area contributed by atoms with Gasteiger partial charge in [0.05, 0.1) is 6.61 Å². The third-order valence-corrected chi connectivity index (χ3v) is 1.49. The van der Waals surface area contributed by atoms with E-state index in [4.69, 9.17) is 10.5 Å².